The molecule has 2 aliphatic rings. The highest BCUT2D eigenvalue weighted by Crippen LogP contribution is 2.49. The lowest BCUT2D eigenvalue weighted by Crippen LogP contribution is -2.51. The van der Waals surface area contributed by atoms with E-state index in [9.17, 15) is 17.6 Å². The lowest BCUT2D eigenvalue weighted by molar-refractivity contribution is -0.133. The van der Waals surface area contributed by atoms with Crippen LogP contribution < -0.4 is 0 Å². The molecule has 2 aromatic carbocycles. The van der Waals surface area contributed by atoms with Crippen molar-refractivity contribution in [2.45, 2.75) is 17.2 Å². The number of sulfonamides is 1. The fourth-order valence-electron chi connectivity index (χ4n) is 3.75. The molecule has 28 heavy (non-hydrogen) atoms. The molecule has 1 saturated heterocycles. The van der Waals surface area contributed by atoms with Gasteiger partial charge in [-0.2, -0.15) is 4.31 Å². The fraction of sp³-hybridized carbons (Fsp3) is 0.350. The third kappa shape index (κ3) is 3.66. The Hall–Kier alpha value is -1.96. The lowest BCUT2D eigenvalue weighted by Gasteiger charge is -2.34. The molecular weight excluding hydrogens is 403 g/mol. The van der Waals surface area contributed by atoms with Gasteiger partial charge in [0.05, 0.1) is 4.90 Å². The number of benzene rings is 2. The summed E-state index contributed by atoms with van der Waals surface area (Å²) >= 11 is 5.91. The van der Waals surface area contributed by atoms with Gasteiger partial charge in [-0.1, -0.05) is 35.9 Å². The van der Waals surface area contributed by atoms with Gasteiger partial charge >= 0.3 is 0 Å². The predicted octanol–water partition coefficient (Wildman–Crippen LogP) is 3.12. The molecule has 2 unspecified atom stereocenters. The second-order valence-corrected chi connectivity index (χ2v) is 9.53. The number of carbonyl (C=O) groups is 1. The Morgan fingerprint density at radius 3 is 2.43 bits per heavy atom. The molecule has 1 heterocycles. The number of amides is 1. The summed E-state index contributed by atoms with van der Waals surface area (Å²) in [5, 5.41) is 0.364. The van der Waals surface area contributed by atoms with E-state index in [2.05, 4.69) is 0 Å². The Morgan fingerprint density at radius 1 is 1.04 bits per heavy atom. The molecular formula is C20H20ClFN2O3S. The fourth-order valence-corrected chi connectivity index (χ4v) is 5.47. The molecule has 0 radical (unpaired) electrons. The van der Waals surface area contributed by atoms with Crippen LogP contribution in [-0.4, -0.2) is 49.7 Å². The van der Waals surface area contributed by atoms with Gasteiger partial charge in [0.15, 0.2) is 0 Å². The van der Waals surface area contributed by atoms with E-state index in [4.69, 9.17) is 11.6 Å². The van der Waals surface area contributed by atoms with Crippen molar-refractivity contribution in [2.75, 3.05) is 26.2 Å². The first-order valence-corrected chi connectivity index (χ1v) is 11.0. The van der Waals surface area contributed by atoms with Gasteiger partial charge in [-0.25, -0.2) is 12.8 Å². The number of rotatable bonds is 4. The first-order chi connectivity index (χ1) is 13.4. The van der Waals surface area contributed by atoms with E-state index >= 15 is 0 Å². The SMILES string of the molecule is O=C(C1CC1c1ccccc1F)N1CCN(S(=O)(=O)c2cccc(Cl)c2)CC1. The van der Waals surface area contributed by atoms with Gasteiger partial charge in [-0.05, 0) is 42.2 Å². The molecule has 0 N–H and O–H groups in total. The molecule has 0 spiro atoms. The molecule has 0 bridgehead atoms. The van der Waals surface area contributed by atoms with Crippen LogP contribution in [0.4, 0.5) is 4.39 Å². The molecule has 2 aromatic rings. The summed E-state index contributed by atoms with van der Waals surface area (Å²) in [6.07, 6.45) is 0.640. The van der Waals surface area contributed by atoms with Crippen LogP contribution in [0, 0.1) is 11.7 Å². The van der Waals surface area contributed by atoms with E-state index in [-0.39, 0.29) is 41.5 Å². The zero-order valence-corrected chi connectivity index (χ0v) is 16.7. The maximum atomic E-state index is 13.9. The lowest BCUT2D eigenvalue weighted by atomic mass is 10.1. The van der Waals surface area contributed by atoms with E-state index in [0.29, 0.717) is 30.1 Å². The average Bonchev–Trinajstić information content (AvgIpc) is 3.48. The van der Waals surface area contributed by atoms with Gasteiger partial charge in [-0.15, -0.1) is 0 Å². The molecule has 0 aromatic heterocycles. The molecule has 1 saturated carbocycles. The Kier molecular flexibility index (Phi) is 5.16. The van der Waals surface area contributed by atoms with Crippen LogP contribution in [0.3, 0.4) is 0 Å². The number of nitrogens with zero attached hydrogens (tertiary/aromatic N) is 2. The van der Waals surface area contributed by atoms with Crippen LogP contribution >= 0.6 is 11.6 Å². The van der Waals surface area contributed by atoms with E-state index in [1.807, 2.05) is 0 Å². The Balaban J connectivity index is 1.38. The average molecular weight is 423 g/mol. The van der Waals surface area contributed by atoms with Crippen LogP contribution in [0.5, 0.6) is 0 Å². The zero-order chi connectivity index (χ0) is 19.9. The number of halogens is 2. The quantitative estimate of drug-likeness (QED) is 0.760. The summed E-state index contributed by atoms with van der Waals surface area (Å²) in [6, 6.07) is 12.7. The predicted molar refractivity (Wildman–Crippen MR) is 104 cm³/mol. The van der Waals surface area contributed by atoms with Crippen molar-refractivity contribution < 1.29 is 17.6 Å². The maximum Gasteiger partial charge on any atom is 0.243 e. The Morgan fingerprint density at radius 2 is 1.75 bits per heavy atom. The minimum absolute atomic E-state index is 0.0203. The van der Waals surface area contributed by atoms with Gasteiger partial charge in [0, 0.05) is 37.1 Å². The summed E-state index contributed by atoms with van der Waals surface area (Å²) in [4.78, 5) is 14.6. The molecule has 2 fully saturated rings. The van der Waals surface area contributed by atoms with Gasteiger partial charge in [-0.3, -0.25) is 4.79 Å². The monoisotopic (exact) mass is 422 g/mol. The van der Waals surface area contributed by atoms with E-state index in [1.54, 1.807) is 35.2 Å². The minimum atomic E-state index is -3.64. The number of piperazine rings is 1. The minimum Gasteiger partial charge on any atom is -0.340 e. The molecule has 1 amide bonds. The number of hydrogen-bond acceptors (Lipinski definition) is 3. The molecule has 148 valence electrons. The highest BCUT2D eigenvalue weighted by Gasteiger charge is 2.47. The summed E-state index contributed by atoms with van der Waals surface area (Å²) in [7, 11) is -3.64. The number of carbonyl (C=O) groups excluding carboxylic acids is 1. The molecule has 5 nitrogen and oxygen atoms in total. The van der Waals surface area contributed by atoms with Gasteiger partial charge in [0.25, 0.3) is 0 Å². The van der Waals surface area contributed by atoms with Crippen molar-refractivity contribution in [1.29, 1.82) is 0 Å². The second kappa shape index (κ2) is 7.46. The van der Waals surface area contributed by atoms with Gasteiger partial charge < -0.3 is 4.90 Å². The van der Waals surface area contributed by atoms with Crippen LogP contribution in [0.25, 0.3) is 0 Å². The summed E-state index contributed by atoms with van der Waals surface area (Å²) in [5.41, 5.74) is 0.586. The molecule has 8 heteroatoms. The smallest absolute Gasteiger partial charge is 0.243 e. The van der Waals surface area contributed by atoms with Crippen molar-refractivity contribution in [3.8, 4) is 0 Å². The van der Waals surface area contributed by atoms with E-state index in [0.717, 1.165) is 0 Å². The number of hydrogen-bond donors (Lipinski definition) is 0. The van der Waals surface area contributed by atoms with Gasteiger partial charge in [0.1, 0.15) is 5.82 Å². The largest absolute Gasteiger partial charge is 0.340 e. The van der Waals surface area contributed by atoms with Crippen molar-refractivity contribution in [3.05, 3.63) is 64.9 Å². The Bertz CT molecular complexity index is 1010. The molecule has 1 aliphatic heterocycles. The normalized spacial score (nSPS) is 22.9. The maximum absolute atomic E-state index is 13.9. The molecule has 1 aliphatic carbocycles. The summed E-state index contributed by atoms with van der Waals surface area (Å²) in [6.45, 7) is 1.13. The Labute approximate surface area is 168 Å². The molecule has 4 rings (SSSR count). The van der Waals surface area contributed by atoms with Crippen molar-refractivity contribution in [2.24, 2.45) is 5.92 Å². The second-order valence-electron chi connectivity index (χ2n) is 7.16. The van der Waals surface area contributed by atoms with Gasteiger partial charge in [0.2, 0.25) is 15.9 Å². The summed E-state index contributed by atoms with van der Waals surface area (Å²) < 4.78 is 40.8. The first-order valence-electron chi connectivity index (χ1n) is 9.17. The summed E-state index contributed by atoms with van der Waals surface area (Å²) in [5.74, 6) is -0.594. The van der Waals surface area contributed by atoms with Crippen molar-refractivity contribution in [1.82, 2.24) is 9.21 Å². The highest BCUT2D eigenvalue weighted by atomic mass is 35.5. The van der Waals surface area contributed by atoms with Crippen LogP contribution in [0.1, 0.15) is 17.9 Å². The van der Waals surface area contributed by atoms with Crippen LogP contribution in [-0.2, 0) is 14.8 Å². The standard InChI is InChI=1S/C20H20ClFN2O3S/c21-14-4-3-5-15(12-14)28(26,27)24-10-8-23(9-11-24)20(25)18-13-17(18)16-6-1-2-7-19(16)22/h1-7,12,17-18H,8-11,13H2. The van der Waals surface area contributed by atoms with Crippen molar-refractivity contribution >= 4 is 27.5 Å². The van der Waals surface area contributed by atoms with Crippen LogP contribution in [0.2, 0.25) is 5.02 Å². The van der Waals surface area contributed by atoms with Crippen LogP contribution in [0.15, 0.2) is 53.4 Å². The van der Waals surface area contributed by atoms with Crippen molar-refractivity contribution in [3.63, 3.8) is 0 Å². The topological polar surface area (TPSA) is 57.7 Å². The molecule has 2 atom stereocenters. The highest BCUT2D eigenvalue weighted by molar-refractivity contribution is 7.89. The third-order valence-corrected chi connectivity index (χ3v) is 7.53. The van der Waals surface area contributed by atoms with E-state index < -0.39 is 10.0 Å². The first kappa shape index (κ1) is 19.4. The van der Waals surface area contributed by atoms with E-state index in [1.165, 1.54) is 22.5 Å². The third-order valence-electron chi connectivity index (χ3n) is 5.40. The zero-order valence-electron chi connectivity index (χ0n) is 15.1.